The zero-order chi connectivity index (χ0) is 15.5. The standard InChI is InChI=1S/C16H21NO2/c1-12(2)17-10-14(18)11-19-16-9-5-7-13-6-3-4-8-15(13)16/h3-9,12,14,17-18H,10-11H2,1-2H3/t14-/m0/s1/i11D2. The second-order valence-corrected chi connectivity index (χ2v) is 4.78. The van der Waals surface area contributed by atoms with Gasteiger partial charge in [-0.05, 0) is 11.5 Å². The molecule has 0 fully saturated rings. The van der Waals surface area contributed by atoms with Gasteiger partial charge in [-0.2, -0.15) is 0 Å². The second-order valence-electron chi connectivity index (χ2n) is 4.78. The van der Waals surface area contributed by atoms with Gasteiger partial charge in [0, 0.05) is 18.0 Å². The fourth-order valence-electron chi connectivity index (χ4n) is 1.81. The van der Waals surface area contributed by atoms with E-state index in [1.54, 1.807) is 6.07 Å². The van der Waals surface area contributed by atoms with Crippen molar-refractivity contribution in [1.29, 1.82) is 0 Å². The number of hydrogen-bond donors (Lipinski definition) is 2. The molecule has 2 rings (SSSR count). The Morgan fingerprint density at radius 1 is 1.21 bits per heavy atom. The van der Waals surface area contributed by atoms with Crippen molar-refractivity contribution in [2.75, 3.05) is 13.1 Å². The number of rotatable bonds is 6. The second kappa shape index (κ2) is 6.55. The molecular formula is C16H21NO2. The van der Waals surface area contributed by atoms with Crippen LogP contribution in [0.25, 0.3) is 10.8 Å². The molecule has 0 bridgehead atoms. The summed E-state index contributed by atoms with van der Waals surface area (Å²) in [5.74, 6) is 0.432. The van der Waals surface area contributed by atoms with E-state index in [-0.39, 0.29) is 12.6 Å². The summed E-state index contributed by atoms with van der Waals surface area (Å²) in [7, 11) is 0. The van der Waals surface area contributed by atoms with Gasteiger partial charge in [-0.15, -0.1) is 0 Å². The fourth-order valence-corrected chi connectivity index (χ4v) is 1.81. The van der Waals surface area contributed by atoms with Crippen molar-refractivity contribution in [2.24, 2.45) is 0 Å². The summed E-state index contributed by atoms with van der Waals surface area (Å²) < 4.78 is 21.3. The van der Waals surface area contributed by atoms with Gasteiger partial charge in [-0.25, -0.2) is 0 Å². The van der Waals surface area contributed by atoms with Crippen molar-refractivity contribution in [3.05, 3.63) is 42.5 Å². The van der Waals surface area contributed by atoms with Crippen LogP contribution in [-0.2, 0) is 0 Å². The number of aliphatic hydroxyl groups is 1. The lowest BCUT2D eigenvalue weighted by Crippen LogP contribution is -2.35. The molecule has 0 heterocycles. The highest BCUT2D eigenvalue weighted by molar-refractivity contribution is 5.88. The third-order valence-electron chi connectivity index (χ3n) is 2.77. The van der Waals surface area contributed by atoms with Gasteiger partial charge in [0.25, 0.3) is 0 Å². The first kappa shape index (κ1) is 11.3. The summed E-state index contributed by atoms with van der Waals surface area (Å²) in [6, 6.07) is 13.2. The maximum Gasteiger partial charge on any atom is 0.127 e. The van der Waals surface area contributed by atoms with Gasteiger partial charge in [-0.1, -0.05) is 50.2 Å². The lowest BCUT2D eigenvalue weighted by Gasteiger charge is -2.15. The van der Waals surface area contributed by atoms with Crippen molar-refractivity contribution >= 4 is 10.8 Å². The average molecular weight is 261 g/mol. The molecule has 1 atom stereocenters. The van der Waals surface area contributed by atoms with E-state index < -0.39 is 12.7 Å². The zero-order valence-corrected chi connectivity index (χ0v) is 11.3. The van der Waals surface area contributed by atoms with Crippen molar-refractivity contribution < 1.29 is 12.6 Å². The molecule has 0 saturated heterocycles. The van der Waals surface area contributed by atoms with Gasteiger partial charge in [0.1, 0.15) is 18.4 Å². The Labute approximate surface area is 117 Å². The third kappa shape index (κ3) is 3.94. The van der Waals surface area contributed by atoms with E-state index in [1.807, 2.05) is 50.2 Å². The average Bonchev–Trinajstić information content (AvgIpc) is 2.44. The Bertz CT molecular complexity index is 596. The third-order valence-corrected chi connectivity index (χ3v) is 2.77. The van der Waals surface area contributed by atoms with E-state index in [9.17, 15) is 5.11 Å². The van der Waals surface area contributed by atoms with E-state index in [0.29, 0.717) is 5.75 Å². The number of fused-ring (bicyclic) bond motifs is 1. The van der Waals surface area contributed by atoms with Crippen LogP contribution in [0.4, 0.5) is 0 Å². The maximum atomic E-state index is 10.00. The molecule has 2 aromatic rings. The van der Waals surface area contributed by atoms with Crippen molar-refractivity contribution in [1.82, 2.24) is 5.32 Å². The summed E-state index contributed by atoms with van der Waals surface area (Å²) in [6.45, 7) is 1.85. The minimum atomic E-state index is -2.16. The van der Waals surface area contributed by atoms with E-state index in [4.69, 9.17) is 7.48 Å². The molecule has 0 amide bonds. The molecule has 0 aliphatic rings. The van der Waals surface area contributed by atoms with Gasteiger partial charge in [0.2, 0.25) is 0 Å². The van der Waals surface area contributed by atoms with Crippen molar-refractivity contribution in [3.8, 4) is 5.75 Å². The van der Waals surface area contributed by atoms with E-state index in [0.717, 1.165) is 10.8 Å². The molecular weight excluding hydrogens is 238 g/mol. The molecule has 0 aliphatic carbocycles. The van der Waals surface area contributed by atoms with E-state index >= 15 is 0 Å². The van der Waals surface area contributed by atoms with Gasteiger partial charge in [-0.3, -0.25) is 0 Å². The molecule has 0 saturated carbocycles. The number of hydrogen-bond acceptors (Lipinski definition) is 3. The molecule has 2 N–H and O–H groups in total. The Balaban J connectivity index is 2.18. The van der Waals surface area contributed by atoms with Crippen LogP contribution >= 0.6 is 0 Å². The Morgan fingerprint density at radius 2 is 1.95 bits per heavy atom. The summed E-state index contributed by atoms with van der Waals surface area (Å²) in [4.78, 5) is 0. The summed E-state index contributed by atoms with van der Waals surface area (Å²) >= 11 is 0. The smallest absolute Gasteiger partial charge is 0.127 e. The van der Waals surface area contributed by atoms with E-state index in [1.165, 1.54) is 0 Å². The molecule has 0 unspecified atom stereocenters. The molecule has 3 nitrogen and oxygen atoms in total. The number of nitrogens with one attached hydrogen (secondary N) is 1. The SMILES string of the molecule is [2H]C([2H])(Oc1cccc2ccccc12)[C@@H](O)CNC(C)C. The molecule has 19 heavy (non-hydrogen) atoms. The van der Waals surface area contributed by atoms with Crippen LogP contribution in [0.2, 0.25) is 0 Å². The van der Waals surface area contributed by atoms with Crippen molar-refractivity contribution in [2.45, 2.75) is 26.0 Å². The quantitative estimate of drug-likeness (QED) is 0.839. The molecule has 102 valence electrons. The Kier molecular flexibility index (Phi) is 3.88. The minimum absolute atomic E-state index is 0.134. The van der Waals surface area contributed by atoms with Crippen LogP contribution in [0.1, 0.15) is 16.6 Å². The highest BCUT2D eigenvalue weighted by Crippen LogP contribution is 2.25. The van der Waals surface area contributed by atoms with Crippen LogP contribution in [0.15, 0.2) is 42.5 Å². The van der Waals surface area contributed by atoms with Gasteiger partial charge in [0.05, 0.1) is 2.74 Å². The summed E-state index contributed by atoms with van der Waals surface area (Å²) in [5.41, 5.74) is 0. The Hall–Kier alpha value is -1.58. The topological polar surface area (TPSA) is 41.5 Å². The predicted molar refractivity (Wildman–Crippen MR) is 78.6 cm³/mol. The molecule has 2 aromatic carbocycles. The molecule has 0 aliphatic heterocycles. The van der Waals surface area contributed by atoms with Crippen LogP contribution in [-0.4, -0.2) is 30.4 Å². The van der Waals surface area contributed by atoms with E-state index in [2.05, 4.69) is 5.32 Å². The van der Waals surface area contributed by atoms with Gasteiger partial charge < -0.3 is 15.2 Å². The van der Waals surface area contributed by atoms with Crippen LogP contribution in [0, 0.1) is 0 Å². The molecule has 0 aromatic heterocycles. The largest absolute Gasteiger partial charge is 0.490 e. The molecule has 3 heteroatoms. The maximum absolute atomic E-state index is 10.00. The fraction of sp³-hybridized carbons (Fsp3) is 0.375. The summed E-state index contributed by atoms with van der Waals surface area (Å²) in [5, 5.41) is 14.8. The van der Waals surface area contributed by atoms with Crippen LogP contribution in [0.5, 0.6) is 5.75 Å². The lowest BCUT2D eigenvalue weighted by molar-refractivity contribution is 0.105. The molecule has 0 radical (unpaired) electrons. The minimum Gasteiger partial charge on any atom is -0.490 e. The van der Waals surface area contributed by atoms with Gasteiger partial charge in [0.15, 0.2) is 0 Å². The normalized spacial score (nSPS) is 15.2. The van der Waals surface area contributed by atoms with Crippen LogP contribution < -0.4 is 10.1 Å². The number of aliphatic hydroxyl groups excluding tert-OH is 1. The first-order valence-corrected chi connectivity index (χ1v) is 6.48. The Morgan fingerprint density at radius 3 is 2.74 bits per heavy atom. The predicted octanol–water partition coefficient (Wildman–Crippen LogP) is 2.58. The number of benzene rings is 2. The molecule has 0 spiro atoms. The zero-order valence-electron chi connectivity index (χ0n) is 13.3. The highest BCUT2D eigenvalue weighted by atomic mass is 16.5. The first-order chi connectivity index (χ1) is 9.90. The monoisotopic (exact) mass is 261 g/mol. The van der Waals surface area contributed by atoms with Crippen molar-refractivity contribution in [3.63, 3.8) is 0 Å². The lowest BCUT2D eigenvalue weighted by atomic mass is 10.1. The van der Waals surface area contributed by atoms with Gasteiger partial charge >= 0.3 is 0 Å². The number of ether oxygens (including phenoxy) is 1. The van der Waals surface area contributed by atoms with Crippen LogP contribution in [0.3, 0.4) is 0 Å². The summed E-state index contributed by atoms with van der Waals surface area (Å²) in [6.07, 6.45) is -1.25. The first-order valence-electron chi connectivity index (χ1n) is 7.48. The highest BCUT2D eigenvalue weighted by Gasteiger charge is 2.07.